The Hall–Kier alpha value is -2.85. The van der Waals surface area contributed by atoms with Crippen LogP contribution in [-0.4, -0.2) is 31.5 Å². The monoisotopic (exact) mass is 393 g/mol. The van der Waals surface area contributed by atoms with E-state index in [4.69, 9.17) is 5.73 Å². The fourth-order valence-electron chi connectivity index (χ4n) is 2.25. The number of halogens is 1. The van der Waals surface area contributed by atoms with Gasteiger partial charge >= 0.3 is 0 Å². The van der Waals surface area contributed by atoms with Gasteiger partial charge in [0.15, 0.2) is 15.0 Å². The molecule has 7 nitrogen and oxygen atoms in total. The van der Waals surface area contributed by atoms with Crippen molar-refractivity contribution < 1.29 is 22.4 Å². The van der Waals surface area contributed by atoms with Crippen LogP contribution in [-0.2, 0) is 9.84 Å². The number of thiazole rings is 1. The average molecular weight is 393 g/mol. The number of rotatable bonds is 4. The molecule has 1 aromatic heterocycles. The van der Waals surface area contributed by atoms with Crippen molar-refractivity contribution in [3.8, 4) is 0 Å². The van der Waals surface area contributed by atoms with Gasteiger partial charge in [-0.3, -0.25) is 14.9 Å². The Morgan fingerprint density at radius 1 is 1.19 bits per heavy atom. The maximum absolute atomic E-state index is 14.2. The summed E-state index contributed by atoms with van der Waals surface area (Å²) in [6.07, 6.45) is 1.09. The van der Waals surface area contributed by atoms with Gasteiger partial charge in [0.2, 0.25) is 0 Å². The molecule has 3 N–H and O–H groups in total. The standard InChI is InChI=1S/C16H12FN3O4S2/c1-26(23,24)8-5-6-11-12(7-8)25-16(19-11)20-15(22)10-4-2-3-9(13(10)17)14(18)21/h2-7H,1H3,(H2,18,21)(H,19,20,22). The molecule has 0 bridgehead atoms. The second kappa shape index (κ2) is 6.46. The topological polar surface area (TPSA) is 119 Å². The van der Waals surface area contributed by atoms with E-state index in [0.29, 0.717) is 10.2 Å². The van der Waals surface area contributed by atoms with Crippen LogP contribution in [0.2, 0.25) is 0 Å². The molecule has 3 rings (SSSR count). The third-order valence-electron chi connectivity index (χ3n) is 3.52. The minimum absolute atomic E-state index is 0.131. The Morgan fingerprint density at radius 2 is 1.88 bits per heavy atom. The molecule has 134 valence electrons. The Balaban J connectivity index is 1.93. The highest BCUT2D eigenvalue weighted by Gasteiger charge is 2.19. The summed E-state index contributed by atoms with van der Waals surface area (Å²) in [5, 5.41) is 2.61. The largest absolute Gasteiger partial charge is 0.366 e. The number of anilines is 1. The van der Waals surface area contributed by atoms with Gasteiger partial charge < -0.3 is 5.73 Å². The Labute approximate surface area is 151 Å². The van der Waals surface area contributed by atoms with Gasteiger partial charge in [0.1, 0.15) is 5.82 Å². The first-order valence-corrected chi connectivity index (χ1v) is 9.88. The molecule has 10 heteroatoms. The van der Waals surface area contributed by atoms with Crippen molar-refractivity contribution in [2.45, 2.75) is 4.90 Å². The Kier molecular flexibility index (Phi) is 4.46. The number of sulfone groups is 1. The predicted octanol–water partition coefficient (Wildman–Crippen LogP) is 2.19. The average Bonchev–Trinajstić information content (AvgIpc) is 2.95. The van der Waals surface area contributed by atoms with E-state index in [-0.39, 0.29) is 21.2 Å². The highest BCUT2D eigenvalue weighted by atomic mass is 32.2. The van der Waals surface area contributed by atoms with Crippen LogP contribution < -0.4 is 11.1 Å². The zero-order valence-corrected chi connectivity index (χ0v) is 14.9. The van der Waals surface area contributed by atoms with Gasteiger partial charge in [-0.05, 0) is 30.3 Å². The van der Waals surface area contributed by atoms with E-state index in [1.54, 1.807) is 0 Å². The lowest BCUT2D eigenvalue weighted by Crippen LogP contribution is -2.18. The van der Waals surface area contributed by atoms with Crippen molar-refractivity contribution in [1.29, 1.82) is 0 Å². The molecule has 3 aromatic rings. The number of aromatic nitrogens is 1. The van der Waals surface area contributed by atoms with Crippen molar-refractivity contribution in [2.75, 3.05) is 11.6 Å². The van der Waals surface area contributed by atoms with Gasteiger partial charge in [-0.15, -0.1) is 0 Å². The van der Waals surface area contributed by atoms with Crippen molar-refractivity contribution in [1.82, 2.24) is 4.98 Å². The van der Waals surface area contributed by atoms with Gasteiger partial charge in [-0.1, -0.05) is 17.4 Å². The number of nitrogens with two attached hydrogens (primary N) is 1. The summed E-state index contributed by atoms with van der Waals surface area (Å²) in [6, 6.07) is 8.12. The number of nitrogens with zero attached hydrogens (tertiary/aromatic N) is 1. The summed E-state index contributed by atoms with van der Waals surface area (Å²) in [4.78, 5) is 27.8. The molecule has 0 unspecified atom stereocenters. The number of carbonyl (C=O) groups is 2. The summed E-state index contributed by atoms with van der Waals surface area (Å²) in [6.45, 7) is 0. The van der Waals surface area contributed by atoms with Crippen LogP contribution in [0.5, 0.6) is 0 Å². The predicted molar refractivity (Wildman–Crippen MR) is 95.6 cm³/mol. The van der Waals surface area contributed by atoms with E-state index in [2.05, 4.69) is 10.3 Å². The number of benzene rings is 2. The number of hydrogen-bond acceptors (Lipinski definition) is 6. The van der Waals surface area contributed by atoms with Crippen LogP contribution in [0.3, 0.4) is 0 Å². The molecule has 2 aromatic carbocycles. The number of hydrogen-bond donors (Lipinski definition) is 2. The van der Waals surface area contributed by atoms with Gasteiger partial charge in [-0.25, -0.2) is 17.8 Å². The molecule has 1 heterocycles. The Morgan fingerprint density at radius 3 is 2.54 bits per heavy atom. The lowest BCUT2D eigenvalue weighted by molar-refractivity contribution is 0.0996. The van der Waals surface area contributed by atoms with Gasteiger partial charge in [0, 0.05) is 6.26 Å². The summed E-state index contributed by atoms with van der Waals surface area (Å²) < 4.78 is 38.0. The van der Waals surface area contributed by atoms with Crippen LogP contribution >= 0.6 is 11.3 Å². The maximum Gasteiger partial charge on any atom is 0.260 e. The Bertz CT molecular complexity index is 1160. The van der Waals surface area contributed by atoms with Crippen molar-refractivity contribution in [3.05, 3.63) is 53.3 Å². The molecule has 0 saturated carbocycles. The molecule has 0 saturated heterocycles. The highest BCUT2D eigenvalue weighted by molar-refractivity contribution is 7.90. The first kappa shape index (κ1) is 18.0. The van der Waals surface area contributed by atoms with Crippen LogP contribution in [0, 0.1) is 5.82 Å². The lowest BCUT2D eigenvalue weighted by Gasteiger charge is -2.05. The minimum atomic E-state index is -3.37. The smallest absolute Gasteiger partial charge is 0.260 e. The van der Waals surface area contributed by atoms with E-state index in [1.165, 1.54) is 36.4 Å². The molecular weight excluding hydrogens is 381 g/mol. The van der Waals surface area contributed by atoms with Crippen LogP contribution in [0.25, 0.3) is 10.2 Å². The van der Waals surface area contributed by atoms with Crippen molar-refractivity contribution in [3.63, 3.8) is 0 Å². The van der Waals surface area contributed by atoms with Crippen LogP contribution in [0.15, 0.2) is 41.3 Å². The zero-order chi connectivity index (χ0) is 19.1. The lowest BCUT2D eigenvalue weighted by atomic mass is 10.1. The first-order chi connectivity index (χ1) is 12.2. The van der Waals surface area contributed by atoms with Gasteiger partial charge in [-0.2, -0.15) is 0 Å². The normalized spacial score (nSPS) is 11.5. The van der Waals surface area contributed by atoms with E-state index < -0.39 is 27.5 Å². The fraction of sp³-hybridized carbons (Fsp3) is 0.0625. The number of fused-ring (bicyclic) bond motifs is 1. The maximum atomic E-state index is 14.2. The molecular formula is C16H12FN3O4S2. The third kappa shape index (κ3) is 3.41. The quantitative estimate of drug-likeness (QED) is 0.704. The van der Waals surface area contributed by atoms with E-state index in [0.717, 1.165) is 17.6 Å². The third-order valence-corrected chi connectivity index (χ3v) is 5.56. The van der Waals surface area contributed by atoms with E-state index in [1.807, 2.05) is 0 Å². The van der Waals surface area contributed by atoms with Crippen molar-refractivity contribution in [2.24, 2.45) is 5.73 Å². The molecule has 0 spiro atoms. The SMILES string of the molecule is CS(=O)(=O)c1ccc2nc(NC(=O)c3cccc(C(N)=O)c3F)sc2c1. The molecule has 26 heavy (non-hydrogen) atoms. The molecule has 0 radical (unpaired) electrons. The summed E-state index contributed by atoms with van der Waals surface area (Å²) >= 11 is 1.05. The van der Waals surface area contributed by atoms with Crippen LogP contribution in [0.1, 0.15) is 20.7 Å². The molecule has 0 aliphatic carbocycles. The van der Waals surface area contributed by atoms with E-state index in [9.17, 15) is 22.4 Å². The number of primary amides is 1. The van der Waals surface area contributed by atoms with Crippen LogP contribution in [0.4, 0.5) is 9.52 Å². The molecule has 0 fully saturated rings. The second-order valence-electron chi connectivity index (χ2n) is 5.41. The fourth-order valence-corrected chi connectivity index (χ4v) is 3.87. The van der Waals surface area contributed by atoms with Crippen molar-refractivity contribution >= 4 is 48.3 Å². The molecule has 2 amide bonds. The summed E-state index contributed by atoms with van der Waals surface area (Å²) in [5.74, 6) is -2.79. The van der Waals surface area contributed by atoms with Gasteiger partial charge in [0.05, 0.1) is 26.2 Å². The van der Waals surface area contributed by atoms with Gasteiger partial charge in [0.25, 0.3) is 11.8 Å². The molecule has 0 aliphatic heterocycles. The summed E-state index contributed by atoms with van der Waals surface area (Å²) in [7, 11) is -3.37. The number of carbonyl (C=O) groups excluding carboxylic acids is 2. The number of amides is 2. The zero-order valence-electron chi connectivity index (χ0n) is 13.3. The second-order valence-corrected chi connectivity index (χ2v) is 8.45. The highest BCUT2D eigenvalue weighted by Crippen LogP contribution is 2.28. The van der Waals surface area contributed by atoms with E-state index >= 15 is 0 Å². The number of nitrogens with one attached hydrogen (secondary N) is 1. The minimum Gasteiger partial charge on any atom is -0.366 e. The first-order valence-electron chi connectivity index (χ1n) is 7.17. The summed E-state index contributed by atoms with van der Waals surface area (Å²) in [5.41, 5.74) is 4.82. The molecule has 0 aliphatic rings. The molecule has 0 atom stereocenters.